The van der Waals surface area contributed by atoms with Gasteiger partial charge in [-0.1, -0.05) is 35.9 Å². The summed E-state index contributed by atoms with van der Waals surface area (Å²) in [7, 11) is 0. The maximum atomic E-state index is 12.4. The maximum absolute atomic E-state index is 12.4. The van der Waals surface area contributed by atoms with Gasteiger partial charge in [-0.05, 0) is 31.3 Å². The van der Waals surface area contributed by atoms with Crippen LogP contribution in [-0.2, 0) is 0 Å². The van der Waals surface area contributed by atoms with Gasteiger partial charge in [0.1, 0.15) is 4.88 Å². The summed E-state index contributed by atoms with van der Waals surface area (Å²) in [5.74, 6) is -0.435. The topological polar surface area (TPSA) is 84.3 Å². The van der Waals surface area contributed by atoms with Gasteiger partial charge in [-0.25, -0.2) is 0 Å². The highest BCUT2D eigenvalue weighted by Gasteiger charge is 2.18. The van der Waals surface area contributed by atoms with Crippen LogP contribution in [0, 0.1) is 17.0 Å². The number of hydrogen-bond donors (Lipinski definition) is 2. The number of nitrogens with zero attached hydrogens (tertiary/aromatic N) is 1. The number of fused-ring (bicyclic) bond motifs is 1. The minimum atomic E-state index is -0.473. The van der Waals surface area contributed by atoms with Crippen LogP contribution in [0.2, 0.25) is 5.02 Å². The van der Waals surface area contributed by atoms with Gasteiger partial charge in [-0.3, -0.25) is 20.2 Å². The minimum Gasteiger partial charge on any atom is -0.332 e. The van der Waals surface area contributed by atoms with Crippen molar-refractivity contribution < 1.29 is 9.72 Å². The summed E-state index contributed by atoms with van der Waals surface area (Å²) in [4.78, 5) is 23.3. The molecule has 132 valence electrons. The van der Waals surface area contributed by atoms with Crippen LogP contribution in [0.5, 0.6) is 0 Å². The molecule has 0 saturated carbocycles. The Kier molecular flexibility index (Phi) is 5.17. The third-order valence-electron chi connectivity index (χ3n) is 3.63. The van der Waals surface area contributed by atoms with E-state index in [9.17, 15) is 14.9 Å². The second-order valence-electron chi connectivity index (χ2n) is 5.41. The van der Waals surface area contributed by atoms with Gasteiger partial charge in [-0.15, -0.1) is 11.3 Å². The first-order valence-corrected chi connectivity index (χ1v) is 9.01. The maximum Gasteiger partial charge on any atom is 0.274 e. The highest BCUT2D eigenvalue weighted by Crippen LogP contribution is 2.35. The van der Waals surface area contributed by atoms with Gasteiger partial charge in [0.2, 0.25) is 0 Å². The number of carbonyl (C=O) groups excluding carboxylic acids is 1. The monoisotopic (exact) mass is 405 g/mol. The minimum absolute atomic E-state index is 0.0293. The van der Waals surface area contributed by atoms with E-state index in [1.807, 2.05) is 24.3 Å². The van der Waals surface area contributed by atoms with E-state index in [4.69, 9.17) is 23.8 Å². The van der Waals surface area contributed by atoms with Crippen LogP contribution >= 0.6 is 35.2 Å². The predicted octanol–water partition coefficient (Wildman–Crippen LogP) is 4.90. The Labute approximate surface area is 162 Å². The number of thiocarbonyl (C=S) groups is 1. The predicted molar refractivity (Wildman–Crippen MR) is 108 cm³/mol. The van der Waals surface area contributed by atoms with Gasteiger partial charge in [0, 0.05) is 27.4 Å². The van der Waals surface area contributed by atoms with Crippen LogP contribution in [0.4, 0.5) is 11.4 Å². The van der Waals surface area contributed by atoms with Crippen LogP contribution < -0.4 is 10.6 Å². The first-order valence-electron chi connectivity index (χ1n) is 7.41. The first kappa shape index (κ1) is 18.2. The fourth-order valence-electron chi connectivity index (χ4n) is 2.37. The Hall–Kier alpha value is -2.55. The molecule has 0 aliphatic carbocycles. The number of aryl methyl sites for hydroxylation is 1. The molecule has 26 heavy (non-hydrogen) atoms. The molecule has 0 atom stereocenters. The number of amides is 1. The molecule has 0 bridgehead atoms. The molecule has 0 aliphatic heterocycles. The number of rotatable bonds is 3. The van der Waals surface area contributed by atoms with Crippen molar-refractivity contribution in [2.75, 3.05) is 5.32 Å². The molecule has 0 radical (unpaired) electrons. The highest BCUT2D eigenvalue weighted by molar-refractivity contribution is 7.80. The van der Waals surface area contributed by atoms with E-state index in [2.05, 4.69) is 10.6 Å². The van der Waals surface area contributed by atoms with E-state index < -0.39 is 10.8 Å². The lowest BCUT2D eigenvalue weighted by molar-refractivity contribution is -0.385. The number of nitro benzene ring substituents is 1. The number of hydrogen-bond acceptors (Lipinski definition) is 5. The van der Waals surface area contributed by atoms with E-state index in [0.717, 1.165) is 10.1 Å². The number of nitro groups is 1. The molecule has 0 fully saturated rings. The van der Waals surface area contributed by atoms with Crippen LogP contribution in [0.1, 0.15) is 15.2 Å². The highest BCUT2D eigenvalue weighted by atomic mass is 35.5. The third kappa shape index (κ3) is 3.67. The largest absolute Gasteiger partial charge is 0.332 e. The number of nitrogens with one attached hydrogen (secondary N) is 2. The molecule has 1 aromatic heterocycles. The summed E-state index contributed by atoms with van der Waals surface area (Å²) in [6.07, 6.45) is 0. The van der Waals surface area contributed by atoms with Gasteiger partial charge in [0.05, 0.1) is 9.95 Å². The Balaban J connectivity index is 1.75. The van der Waals surface area contributed by atoms with Crippen LogP contribution in [0.15, 0.2) is 42.5 Å². The molecule has 3 rings (SSSR count). The normalized spacial score (nSPS) is 10.5. The van der Waals surface area contributed by atoms with Crippen molar-refractivity contribution in [3.63, 3.8) is 0 Å². The summed E-state index contributed by atoms with van der Waals surface area (Å²) >= 11 is 12.7. The Bertz CT molecular complexity index is 1050. The van der Waals surface area contributed by atoms with Gasteiger partial charge in [0.15, 0.2) is 5.11 Å². The summed E-state index contributed by atoms with van der Waals surface area (Å²) < 4.78 is 0.899. The Morgan fingerprint density at radius 3 is 2.69 bits per heavy atom. The molecule has 2 aromatic carbocycles. The summed E-state index contributed by atoms with van der Waals surface area (Å²) in [5.41, 5.74) is 0.916. The molecule has 0 aliphatic rings. The first-order chi connectivity index (χ1) is 12.4. The molecular formula is C17H12ClN3O3S2. The SMILES string of the molecule is Cc1ccc(NC(=S)NC(=O)c2sc3ccccc3c2Cl)cc1[N+](=O)[O-]. The zero-order chi connectivity index (χ0) is 18.8. The van der Waals surface area contributed by atoms with Crippen molar-refractivity contribution in [3.8, 4) is 0 Å². The summed E-state index contributed by atoms with van der Waals surface area (Å²) in [6.45, 7) is 1.64. The number of thiophene rings is 1. The fraction of sp³-hybridized carbons (Fsp3) is 0.0588. The zero-order valence-electron chi connectivity index (χ0n) is 13.4. The summed E-state index contributed by atoms with van der Waals surface area (Å²) in [6, 6.07) is 12.0. The lowest BCUT2D eigenvalue weighted by Crippen LogP contribution is -2.33. The quantitative estimate of drug-likeness (QED) is 0.368. The molecule has 0 saturated heterocycles. The standard InChI is InChI=1S/C17H12ClN3O3S2/c1-9-6-7-10(8-12(9)21(23)24)19-17(25)20-16(22)15-14(18)11-4-2-3-5-13(11)26-15/h2-8H,1H3,(H2,19,20,22,25). The van der Waals surface area contributed by atoms with Crippen LogP contribution in [0.3, 0.4) is 0 Å². The average Bonchev–Trinajstić information content (AvgIpc) is 2.93. The molecular weight excluding hydrogens is 394 g/mol. The van der Waals surface area contributed by atoms with Crippen molar-refractivity contribution in [2.24, 2.45) is 0 Å². The number of benzene rings is 2. The number of carbonyl (C=O) groups is 1. The average molecular weight is 406 g/mol. The fourth-order valence-corrected chi connectivity index (χ4v) is 3.99. The van der Waals surface area contributed by atoms with Gasteiger partial charge >= 0.3 is 0 Å². The van der Waals surface area contributed by atoms with Crippen molar-refractivity contribution in [1.82, 2.24) is 5.32 Å². The van der Waals surface area contributed by atoms with E-state index >= 15 is 0 Å². The molecule has 6 nitrogen and oxygen atoms in total. The molecule has 0 unspecified atom stereocenters. The second kappa shape index (κ2) is 7.36. The zero-order valence-corrected chi connectivity index (χ0v) is 15.8. The number of halogens is 1. The van der Waals surface area contributed by atoms with Crippen molar-refractivity contribution in [2.45, 2.75) is 6.92 Å². The van der Waals surface area contributed by atoms with E-state index in [1.165, 1.54) is 17.4 Å². The molecule has 1 heterocycles. The number of anilines is 1. The van der Waals surface area contributed by atoms with E-state index in [0.29, 0.717) is 21.2 Å². The van der Waals surface area contributed by atoms with Crippen molar-refractivity contribution in [3.05, 3.63) is 68.0 Å². The third-order valence-corrected chi connectivity index (χ3v) is 5.51. The molecule has 0 spiro atoms. The molecule has 1 amide bonds. The van der Waals surface area contributed by atoms with E-state index in [-0.39, 0.29) is 10.8 Å². The van der Waals surface area contributed by atoms with Crippen LogP contribution in [0.25, 0.3) is 10.1 Å². The van der Waals surface area contributed by atoms with Gasteiger partial charge in [-0.2, -0.15) is 0 Å². The lowest BCUT2D eigenvalue weighted by Gasteiger charge is -2.09. The molecule has 3 aromatic rings. The van der Waals surface area contributed by atoms with Gasteiger partial charge < -0.3 is 5.32 Å². The van der Waals surface area contributed by atoms with E-state index in [1.54, 1.807) is 19.1 Å². The Morgan fingerprint density at radius 1 is 1.27 bits per heavy atom. The molecule has 9 heteroatoms. The van der Waals surface area contributed by atoms with Gasteiger partial charge in [0.25, 0.3) is 11.6 Å². The smallest absolute Gasteiger partial charge is 0.274 e. The molecule has 2 N–H and O–H groups in total. The Morgan fingerprint density at radius 2 is 2.00 bits per heavy atom. The van der Waals surface area contributed by atoms with Crippen molar-refractivity contribution in [1.29, 1.82) is 0 Å². The second-order valence-corrected chi connectivity index (χ2v) is 7.25. The van der Waals surface area contributed by atoms with Crippen LogP contribution in [-0.4, -0.2) is 15.9 Å². The van der Waals surface area contributed by atoms with Crippen molar-refractivity contribution >= 4 is 67.6 Å². The summed E-state index contributed by atoms with van der Waals surface area (Å²) in [5, 5.41) is 17.5. The lowest BCUT2D eigenvalue weighted by atomic mass is 10.2.